The van der Waals surface area contributed by atoms with E-state index in [1.54, 1.807) is 56.4 Å². The fourth-order valence-electron chi connectivity index (χ4n) is 2.53. The minimum Gasteiger partial charge on any atom is -0.355 e. The lowest BCUT2D eigenvalue weighted by atomic mass is 10.0. The van der Waals surface area contributed by atoms with Crippen LogP contribution in [0.3, 0.4) is 0 Å². The summed E-state index contributed by atoms with van der Waals surface area (Å²) in [5, 5.41) is 8.27. The van der Waals surface area contributed by atoms with Crippen molar-refractivity contribution in [3.63, 3.8) is 0 Å². The average Bonchev–Trinajstić information content (AvgIpc) is 2.61. The lowest BCUT2D eigenvalue weighted by Gasteiger charge is -2.20. The van der Waals surface area contributed by atoms with Crippen molar-refractivity contribution in [2.75, 3.05) is 12.4 Å². The third-order valence-electron chi connectivity index (χ3n) is 3.95. The van der Waals surface area contributed by atoms with Crippen molar-refractivity contribution in [3.8, 4) is 0 Å². The molecular weight excluding hydrogens is 342 g/mol. The fourth-order valence-corrected chi connectivity index (χ4v) is 2.53. The molecule has 0 aliphatic carbocycles. The highest BCUT2D eigenvalue weighted by molar-refractivity contribution is 6.06. The minimum atomic E-state index is -0.333. The van der Waals surface area contributed by atoms with Crippen molar-refractivity contribution >= 4 is 23.4 Å². The Bertz CT molecular complexity index is 865. The Labute approximate surface area is 159 Å². The molecule has 0 radical (unpaired) electrons. The van der Waals surface area contributed by atoms with E-state index >= 15 is 0 Å². The van der Waals surface area contributed by atoms with Crippen LogP contribution < -0.4 is 16.0 Å². The smallest absolute Gasteiger partial charge is 0.255 e. The molecular formula is C21H25N3O3. The van der Waals surface area contributed by atoms with Gasteiger partial charge in [-0.25, -0.2) is 0 Å². The molecule has 0 fully saturated rings. The van der Waals surface area contributed by atoms with Gasteiger partial charge in [-0.1, -0.05) is 6.07 Å². The van der Waals surface area contributed by atoms with E-state index in [2.05, 4.69) is 16.0 Å². The molecule has 0 atom stereocenters. The average molecular weight is 367 g/mol. The van der Waals surface area contributed by atoms with Gasteiger partial charge in [0, 0.05) is 35.0 Å². The molecule has 0 saturated carbocycles. The van der Waals surface area contributed by atoms with E-state index in [9.17, 15) is 14.4 Å². The molecule has 6 heteroatoms. The first-order valence-electron chi connectivity index (χ1n) is 8.68. The van der Waals surface area contributed by atoms with Crippen LogP contribution in [0.15, 0.2) is 42.5 Å². The fraction of sp³-hybridized carbons (Fsp3) is 0.286. The molecule has 0 unspecified atom stereocenters. The lowest BCUT2D eigenvalue weighted by Crippen LogP contribution is -2.40. The van der Waals surface area contributed by atoms with Crippen LogP contribution in [0, 0.1) is 6.92 Å². The second-order valence-electron chi connectivity index (χ2n) is 7.29. The molecule has 0 aliphatic rings. The molecule has 27 heavy (non-hydrogen) atoms. The summed E-state index contributed by atoms with van der Waals surface area (Å²) < 4.78 is 0. The van der Waals surface area contributed by atoms with Crippen LogP contribution in [0.4, 0.5) is 5.69 Å². The summed E-state index contributed by atoms with van der Waals surface area (Å²) in [7, 11) is 1.56. The summed E-state index contributed by atoms with van der Waals surface area (Å²) in [6.07, 6.45) is 0. The first-order valence-corrected chi connectivity index (χ1v) is 8.68. The first kappa shape index (κ1) is 20.2. The van der Waals surface area contributed by atoms with Crippen LogP contribution in [0.1, 0.15) is 57.4 Å². The van der Waals surface area contributed by atoms with Gasteiger partial charge in [0.15, 0.2) is 0 Å². The SMILES string of the molecule is CNC(=O)c1cccc(NC(=O)c2ccc(C(=O)NC(C)(C)C)cc2)c1C. The van der Waals surface area contributed by atoms with Crippen molar-refractivity contribution < 1.29 is 14.4 Å². The topological polar surface area (TPSA) is 87.3 Å². The molecule has 3 amide bonds. The van der Waals surface area contributed by atoms with E-state index in [1.807, 2.05) is 20.8 Å². The normalized spacial score (nSPS) is 10.9. The maximum Gasteiger partial charge on any atom is 0.255 e. The Balaban J connectivity index is 2.15. The van der Waals surface area contributed by atoms with Gasteiger partial charge in [0.05, 0.1) is 0 Å². The van der Waals surface area contributed by atoms with Crippen LogP contribution in [0.5, 0.6) is 0 Å². The summed E-state index contributed by atoms with van der Waals surface area (Å²) in [6, 6.07) is 11.6. The van der Waals surface area contributed by atoms with Crippen LogP contribution in [0.25, 0.3) is 0 Å². The number of anilines is 1. The maximum atomic E-state index is 12.5. The molecule has 0 heterocycles. The molecule has 2 aromatic rings. The first-order chi connectivity index (χ1) is 12.6. The van der Waals surface area contributed by atoms with E-state index in [1.165, 1.54) is 0 Å². The standard InChI is InChI=1S/C21H25N3O3/c1-13-16(20(27)22-5)7-6-8-17(13)23-18(25)14-9-11-15(12-10-14)19(26)24-21(2,3)4/h6-12H,1-5H3,(H,22,27)(H,23,25)(H,24,26). The van der Waals surface area contributed by atoms with Crippen LogP contribution in [-0.4, -0.2) is 30.3 Å². The van der Waals surface area contributed by atoms with Crippen molar-refractivity contribution in [2.45, 2.75) is 33.2 Å². The molecule has 3 N–H and O–H groups in total. The number of hydrogen-bond acceptors (Lipinski definition) is 3. The number of carbonyl (C=O) groups excluding carboxylic acids is 3. The summed E-state index contributed by atoms with van der Waals surface area (Å²) in [6.45, 7) is 7.49. The molecule has 0 aromatic heterocycles. The predicted molar refractivity (Wildman–Crippen MR) is 106 cm³/mol. The van der Waals surface area contributed by atoms with Crippen molar-refractivity contribution in [1.82, 2.24) is 10.6 Å². The third kappa shape index (κ3) is 5.17. The Morgan fingerprint density at radius 1 is 0.815 bits per heavy atom. The summed E-state index contributed by atoms with van der Waals surface area (Å²) >= 11 is 0. The molecule has 0 aliphatic heterocycles. The molecule has 2 rings (SSSR count). The van der Waals surface area contributed by atoms with Gasteiger partial charge in [0.1, 0.15) is 0 Å². The summed E-state index contributed by atoms with van der Waals surface area (Å²) in [5.41, 5.74) is 2.33. The van der Waals surface area contributed by atoms with Crippen LogP contribution >= 0.6 is 0 Å². The number of hydrogen-bond donors (Lipinski definition) is 3. The van der Waals surface area contributed by atoms with Gasteiger partial charge in [-0.15, -0.1) is 0 Å². The zero-order valence-corrected chi connectivity index (χ0v) is 16.3. The summed E-state index contributed by atoms with van der Waals surface area (Å²) in [4.78, 5) is 36.6. The van der Waals surface area contributed by atoms with E-state index < -0.39 is 0 Å². The zero-order valence-electron chi connectivity index (χ0n) is 16.3. The molecule has 0 spiro atoms. The molecule has 2 aromatic carbocycles. The van der Waals surface area contributed by atoms with Crippen LogP contribution in [-0.2, 0) is 0 Å². The Morgan fingerprint density at radius 3 is 1.89 bits per heavy atom. The quantitative estimate of drug-likeness (QED) is 0.776. The number of nitrogens with one attached hydrogen (secondary N) is 3. The summed E-state index contributed by atoms with van der Waals surface area (Å²) in [5.74, 6) is -0.712. The van der Waals surface area contributed by atoms with Crippen molar-refractivity contribution in [2.24, 2.45) is 0 Å². The largest absolute Gasteiger partial charge is 0.355 e. The molecule has 6 nitrogen and oxygen atoms in total. The molecule has 0 bridgehead atoms. The Hall–Kier alpha value is -3.15. The number of amides is 3. The van der Waals surface area contributed by atoms with Gasteiger partial charge in [0.2, 0.25) is 0 Å². The number of rotatable bonds is 4. The second kappa shape index (κ2) is 8.03. The van der Waals surface area contributed by atoms with E-state index in [4.69, 9.17) is 0 Å². The Kier molecular flexibility index (Phi) is 6.00. The second-order valence-corrected chi connectivity index (χ2v) is 7.29. The minimum absolute atomic E-state index is 0.191. The number of benzene rings is 2. The maximum absolute atomic E-state index is 12.5. The van der Waals surface area contributed by atoms with E-state index in [0.29, 0.717) is 27.9 Å². The van der Waals surface area contributed by atoms with Gasteiger partial charge in [0.25, 0.3) is 17.7 Å². The van der Waals surface area contributed by atoms with Gasteiger partial charge < -0.3 is 16.0 Å². The monoisotopic (exact) mass is 367 g/mol. The van der Waals surface area contributed by atoms with E-state index in [-0.39, 0.29) is 23.3 Å². The third-order valence-corrected chi connectivity index (χ3v) is 3.95. The highest BCUT2D eigenvalue weighted by Gasteiger charge is 2.16. The zero-order chi connectivity index (χ0) is 20.2. The van der Waals surface area contributed by atoms with E-state index in [0.717, 1.165) is 0 Å². The van der Waals surface area contributed by atoms with Crippen molar-refractivity contribution in [3.05, 3.63) is 64.7 Å². The van der Waals surface area contributed by atoms with Gasteiger partial charge in [-0.2, -0.15) is 0 Å². The number of carbonyl (C=O) groups is 3. The molecule has 0 saturated heterocycles. The highest BCUT2D eigenvalue weighted by atomic mass is 16.2. The Morgan fingerprint density at radius 2 is 1.37 bits per heavy atom. The predicted octanol–water partition coefficient (Wildman–Crippen LogP) is 3.14. The van der Waals surface area contributed by atoms with Gasteiger partial charge in [-0.05, 0) is 69.7 Å². The highest BCUT2D eigenvalue weighted by Crippen LogP contribution is 2.20. The molecule has 142 valence electrons. The van der Waals surface area contributed by atoms with Gasteiger partial charge in [-0.3, -0.25) is 14.4 Å². The van der Waals surface area contributed by atoms with Crippen molar-refractivity contribution in [1.29, 1.82) is 0 Å². The lowest BCUT2D eigenvalue weighted by molar-refractivity contribution is 0.0917. The van der Waals surface area contributed by atoms with Crippen LogP contribution in [0.2, 0.25) is 0 Å². The van der Waals surface area contributed by atoms with Gasteiger partial charge >= 0.3 is 0 Å².